The quantitative estimate of drug-likeness (QED) is 0.854. The molecule has 0 aromatic heterocycles. The largest absolute Gasteiger partial charge is 0.371 e. The van der Waals surface area contributed by atoms with Gasteiger partial charge in [0.15, 0.2) is 0 Å². The predicted molar refractivity (Wildman–Crippen MR) is 94.5 cm³/mol. The van der Waals surface area contributed by atoms with E-state index < -0.39 is 10.0 Å². The average Bonchev–Trinajstić information content (AvgIpc) is 2.62. The molecule has 1 aliphatic rings. The number of hydrogen-bond donors (Lipinski definition) is 0. The lowest BCUT2D eigenvalue weighted by Gasteiger charge is -2.32. The van der Waals surface area contributed by atoms with Gasteiger partial charge < -0.3 is 4.74 Å². The topological polar surface area (TPSA) is 46.6 Å². The molecular weight excluding hydrogens is 322 g/mol. The van der Waals surface area contributed by atoms with Crippen molar-refractivity contribution in [3.05, 3.63) is 65.2 Å². The van der Waals surface area contributed by atoms with E-state index in [1.54, 1.807) is 12.1 Å². The molecule has 1 fully saturated rings. The number of rotatable bonds is 4. The van der Waals surface area contributed by atoms with Gasteiger partial charge in [-0.05, 0) is 36.6 Å². The van der Waals surface area contributed by atoms with E-state index in [2.05, 4.69) is 6.92 Å². The highest BCUT2D eigenvalue weighted by Gasteiger charge is 2.31. The normalized spacial score (nSPS) is 19.3. The molecule has 0 aliphatic carbocycles. The van der Waals surface area contributed by atoms with Gasteiger partial charge in [0.1, 0.15) is 0 Å². The van der Waals surface area contributed by atoms with E-state index in [1.807, 2.05) is 43.3 Å². The molecule has 1 saturated heterocycles. The van der Waals surface area contributed by atoms with Crippen molar-refractivity contribution in [3.63, 3.8) is 0 Å². The molecule has 0 saturated carbocycles. The number of ether oxygens (including phenoxy) is 1. The lowest BCUT2D eigenvalue weighted by Crippen LogP contribution is -2.42. The maximum Gasteiger partial charge on any atom is 0.243 e. The SMILES string of the molecule is CCc1ccc(S(=O)(=O)N2CCOC(c3ccc(C)cc3)C2)cc1. The summed E-state index contributed by atoms with van der Waals surface area (Å²) in [5, 5.41) is 0. The fourth-order valence-corrected chi connectivity index (χ4v) is 4.30. The first-order valence-electron chi connectivity index (χ1n) is 8.28. The Morgan fingerprint density at radius 2 is 1.75 bits per heavy atom. The van der Waals surface area contributed by atoms with Crippen LogP contribution in [0.1, 0.15) is 29.7 Å². The van der Waals surface area contributed by atoms with Gasteiger partial charge >= 0.3 is 0 Å². The Morgan fingerprint density at radius 3 is 2.38 bits per heavy atom. The molecule has 1 heterocycles. The number of nitrogens with zero attached hydrogens (tertiary/aromatic N) is 1. The highest BCUT2D eigenvalue weighted by atomic mass is 32.2. The average molecular weight is 345 g/mol. The summed E-state index contributed by atoms with van der Waals surface area (Å²) in [5.74, 6) is 0. The van der Waals surface area contributed by atoms with E-state index in [9.17, 15) is 8.42 Å². The van der Waals surface area contributed by atoms with Gasteiger partial charge in [0.2, 0.25) is 10.0 Å². The fraction of sp³-hybridized carbons (Fsp3) is 0.368. The first-order chi connectivity index (χ1) is 11.5. The number of hydrogen-bond acceptors (Lipinski definition) is 3. The number of morpholine rings is 1. The third-order valence-electron chi connectivity index (χ3n) is 4.45. The van der Waals surface area contributed by atoms with Crippen LogP contribution in [0.4, 0.5) is 0 Å². The second-order valence-electron chi connectivity index (χ2n) is 6.13. The number of aryl methyl sites for hydroxylation is 2. The molecule has 128 valence electrons. The van der Waals surface area contributed by atoms with Gasteiger partial charge in [0.05, 0.1) is 17.6 Å². The highest BCUT2D eigenvalue weighted by Crippen LogP contribution is 2.26. The highest BCUT2D eigenvalue weighted by molar-refractivity contribution is 7.89. The van der Waals surface area contributed by atoms with Crippen molar-refractivity contribution in [3.8, 4) is 0 Å². The van der Waals surface area contributed by atoms with Gasteiger partial charge in [-0.25, -0.2) is 8.42 Å². The molecule has 3 rings (SSSR count). The van der Waals surface area contributed by atoms with Crippen molar-refractivity contribution in [1.82, 2.24) is 4.31 Å². The standard InChI is InChI=1S/C19H23NO3S/c1-3-16-6-10-18(11-7-16)24(21,22)20-12-13-23-19(14-20)17-8-4-15(2)5-9-17/h4-11,19H,3,12-14H2,1-2H3. The number of benzene rings is 2. The van der Waals surface area contributed by atoms with Crippen LogP contribution in [0.2, 0.25) is 0 Å². The monoisotopic (exact) mass is 345 g/mol. The molecule has 1 aliphatic heterocycles. The molecule has 0 N–H and O–H groups in total. The van der Waals surface area contributed by atoms with Crippen LogP contribution < -0.4 is 0 Å². The summed E-state index contributed by atoms with van der Waals surface area (Å²) in [5.41, 5.74) is 3.32. The third-order valence-corrected chi connectivity index (χ3v) is 6.33. The Kier molecular flexibility index (Phi) is 5.04. The minimum absolute atomic E-state index is 0.218. The lowest BCUT2D eigenvalue weighted by molar-refractivity contribution is -0.00256. The molecule has 0 amide bonds. The Bertz CT molecular complexity index is 782. The first-order valence-corrected chi connectivity index (χ1v) is 9.72. The van der Waals surface area contributed by atoms with Crippen molar-refractivity contribution >= 4 is 10.0 Å². The summed E-state index contributed by atoms with van der Waals surface area (Å²) in [7, 11) is -3.48. The van der Waals surface area contributed by atoms with Gasteiger partial charge in [-0.2, -0.15) is 4.31 Å². The Hall–Kier alpha value is -1.69. The minimum atomic E-state index is -3.48. The van der Waals surface area contributed by atoms with Gasteiger partial charge in [0.25, 0.3) is 0 Å². The molecule has 1 unspecified atom stereocenters. The van der Waals surface area contributed by atoms with Crippen LogP contribution in [0, 0.1) is 6.92 Å². The summed E-state index contributed by atoms with van der Waals surface area (Å²) < 4.78 is 33.1. The molecular formula is C19H23NO3S. The minimum Gasteiger partial charge on any atom is -0.371 e. The van der Waals surface area contributed by atoms with E-state index >= 15 is 0 Å². The summed E-state index contributed by atoms with van der Waals surface area (Å²) in [6.07, 6.45) is 0.678. The van der Waals surface area contributed by atoms with E-state index in [0.717, 1.165) is 17.5 Å². The molecule has 1 atom stereocenters. The van der Waals surface area contributed by atoms with Crippen molar-refractivity contribution < 1.29 is 13.2 Å². The Morgan fingerprint density at radius 1 is 1.08 bits per heavy atom. The van der Waals surface area contributed by atoms with Crippen LogP contribution in [0.5, 0.6) is 0 Å². The summed E-state index contributed by atoms with van der Waals surface area (Å²) in [6, 6.07) is 15.2. The van der Waals surface area contributed by atoms with Gasteiger partial charge in [0, 0.05) is 13.1 Å². The number of sulfonamides is 1. The molecule has 2 aromatic rings. The van der Waals surface area contributed by atoms with Crippen molar-refractivity contribution in [2.75, 3.05) is 19.7 Å². The van der Waals surface area contributed by atoms with Gasteiger partial charge in [-0.3, -0.25) is 0 Å². The third kappa shape index (κ3) is 3.53. The fourth-order valence-electron chi connectivity index (χ4n) is 2.87. The zero-order valence-electron chi connectivity index (χ0n) is 14.1. The van der Waals surface area contributed by atoms with Gasteiger partial charge in [-0.15, -0.1) is 0 Å². The van der Waals surface area contributed by atoms with E-state index in [0.29, 0.717) is 24.6 Å². The molecule has 0 radical (unpaired) electrons. The van der Waals surface area contributed by atoms with Crippen LogP contribution in [0.25, 0.3) is 0 Å². The smallest absolute Gasteiger partial charge is 0.243 e. The van der Waals surface area contributed by atoms with E-state index in [1.165, 1.54) is 9.87 Å². The van der Waals surface area contributed by atoms with Gasteiger partial charge in [-0.1, -0.05) is 48.9 Å². The molecule has 0 bridgehead atoms. The molecule has 4 nitrogen and oxygen atoms in total. The second kappa shape index (κ2) is 7.05. The first kappa shape index (κ1) is 17.1. The zero-order valence-corrected chi connectivity index (χ0v) is 14.9. The molecule has 24 heavy (non-hydrogen) atoms. The van der Waals surface area contributed by atoms with E-state index in [-0.39, 0.29) is 6.10 Å². The van der Waals surface area contributed by atoms with Crippen LogP contribution in [0.15, 0.2) is 53.4 Å². The Labute approximate surface area is 144 Å². The van der Waals surface area contributed by atoms with Crippen molar-refractivity contribution in [2.24, 2.45) is 0 Å². The van der Waals surface area contributed by atoms with Crippen molar-refractivity contribution in [1.29, 1.82) is 0 Å². The molecule has 0 spiro atoms. The lowest BCUT2D eigenvalue weighted by atomic mass is 10.1. The van der Waals surface area contributed by atoms with Crippen LogP contribution in [-0.2, 0) is 21.2 Å². The zero-order chi connectivity index (χ0) is 17.2. The maximum absolute atomic E-state index is 12.9. The summed E-state index contributed by atoms with van der Waals surface area (Å²) >= 11 is 0. The van der Waals surface area contributed by atoms with Crippen molar-refractivity contribution in [2.45, 2.75) is 31.3 Å². The Balaban J connectivity index is 1.81. The summed E-state index contributed by atoms with van der Waals surface area (Å²) in [6.45, 7) is 5.23. The van der Waals surface area contributed by atoms with Crippen LogP contribution in [0.3, 0.4) is 0 Å². The van der Waals surface area contributed by atoms with Crippen LogP contribution in [-0.4, -0.2) is 32.4 Å². The molecule has 2 aromatic carbocycles. The second-order valence-corrected chi connectivity index (χ2v) is 8.07. The molecule has 5 heteroatoms. The van der Waals surface area contributed by atoms with E-state index in [4.69, 9.17) is 4.74 Å². The summed E-state index contributed by atoms with van der Waals surface area (Å²) in [4.78, 5) is 0.351. The maximum atomic E-state index is 12.9. The predicted octanol–water partition coefficient (Wildman–Crippen LogP) is 3.32. The van der Waals surface area contributed by atoms with Crippen LogP contribution >= 0.6 is 0 Å².